The fourth-order valence-corrected chi connectivity index (χ4v) is 3.77. The van der Waals surface area contributed by atoms with Crippen LogP contribution in [-0.4, -0.2) is 19.5 Å². The van der Waals surface area contributed by atoms with Crippen molar-refractivity contribution >= 4 is 0 Å². The monoisotopic (exact) mass is 462 g/mol. The molecule has 3 rings (SSSR count). The highest BCUT2D eigenvalue weighted by Crippen LogP contribution is 2.38. The number of alkyl halides is 6. The van der Waals surface area contributed by atoms with Crippen LogP contribution in [0.15, 0.2) is 55.1 Å². The highest BCUT2D eigenvalue weighted by Gasteiger charge is 2.37. The van der Waals surface area contributed by atoms with Crippen molar-refractivity contribution in [3.63, 3.8) is 0 Å². The summed E-state index contributed by atoms with van der Waals surface area (Å²) in [7, 11) is 0. The molecule has 1 aliphatic rings. The van der Waals surface area contributed by atoms with Gasteiger partial charge in [0.1, 0.15) is 5.82 Å². The number of allylic oxidation sites excluding steroid dienone is 1. The predicted molar refractivity (Wildman–Crippen MR) is 103 cm³/mol. The molecule has 0 aromatic heterocycles. The van der Waals surface area contributed by atoms with Gasteiger partial charge in [-0.05, 0) is 60.2 Å². The van der Waals surface area contributed by atoms with E-state index in [1.165, 1.54) is 12.1 Å². The summed E-state index contributed by atoms with van der Waals surface area (Å²) in [5.41, 5.74) is -2.15. The summed E-state index contributed by atoms with van der Waals surface area (Å²) >= 11 is 0. The van der Waals surface area contributed by atoms with Crippen LogP contribution >= 0.6 is 0 Å². The minimum Gasteiger partial charge on any atom is -0.352 e. The van der Waals surface area contributed by atoms with Crippen LogP contribution in [-0.2, 0) is 28.2 Å². The first kappa shape index (κ1) is 24.3. The second-order valence-electron chi connectivity index (χ2n) is 7.54. The van der Waals surface area contributed by atoms with Gasteiger partial charge in [0.15, 0.2) is 6.29 Å². The molecule has 0 bridgehead atoms. The molecule has 1 heterocycles. The lowest BCUT2D eigenvalue weighted by Gasteiger charge is -2.37. The molecule has 2 nitrogen and oxygen atoms in total. The minimum atomic E-state index is -4.91. The number of hydrogen-bond acceptors (Lipinski definition) is 2. The van der Waals surface area contributed by atoms with E-state index in [1.807, 2.05) is 0 Å². The lowest BCUT2D eigenvalue weighted by Crippen LogP contribution is -2.36. The van der Waals surface area contributed by atoms with Gasteiger partial charge in [-0.2, -0.15) is 26.3 Å². The molecule has 0 spiro atoms. The van der Waals surface area contributed by atoms with E-state index in [4.69, 9.17) is 9.47 Å². The van der Waals surface area contributed by atoms with E-state index in [0.29, 0.717) is 25.2 Å². The first-order chi connectivity index (χ1) is 15.0. The standard InChI is InChI=1S/C23H21F7O2/c1-2-15-8-10-32-21(20(15)16-3-5-19(24)6-4-16)31-9-7-14-11-17(22(25,26)27)13-18(12-14)23(28,29)30/h2-6,11-13,15,20-21H,1,7-10H2/t15-,20-,21+/m1/s1. The Labute approximate surface area is 180 Å². The quantitative estimate of drug-likeness (QED) is 0.349. The molecule has 1 saturated heterocycles. The summed E-state index contributed by atoms with van der Waals surface area (Å²) < 4.78 is 103. The maximum Gasteiger partial charge on any atom is 0.416 e. The molecule has 1 fully saturated rings. The van der Waals surface area contributed by atoms with Gasteiger partial charge >= 0.3 is 12.4 Å². The fourth-order valence-electron chi connectivity index (χ4n) is 3.77. The topological polar surface area (TPSA) is 18.5 Å². The van der Waals surface area contributed by atoms with E-state index in [1.54, 1.807) is 18.2 Å². The van der Waals surface area contributed by atoms with Crippen molar-refractivity contribution in [2.24, 2.45) is 5.92 Å². The third-order valence-electron chi connectivity index (χ3n) is 5.37. The zero-order valence-corrected chi connectivity index (χ0v) is 16.8. The third kappa shape index (κ3) is 5.89. The number of hydrogen-bond donors (Lipinski definition) is 0. The van der Waals surface area contributed by atoms with Gasteiger partial charge in [-0.3, -0.25) is 0 Å². The van der Waals surface area contributed by atoms with E-state index < -0.39 is 35.6 Å². The Kier molecular flexibility index (Phi) is 7.29. The Bertz CT molecular complexity index is 887. The minimum absolute atomic E-state index is 0.0513. The first-order valence-corrected chi connectivity index (χ1v) is 9.88. The molecule has 0 radical (unpaired) electrons. The van der Waals surface area contributed by atoms with E-state index in [9.17, 15) is 30.7 Å². The molecule has 2 aromatic carbocycles. The van der Waals surface area contributed by atoms with Gasteiger partial charge in [-0.1, -0.05) is 18.2 Å². The molecule has 32 heavy (non-hydrogen) atoms. The Morgan fingerprint density at radius 2 is 1.56 bits per heavy atom. The second kappa shape index (κ2) is 9.62. The number of halogens is 7. The lowest BCUT2D eigenvalue weighted by molar-refractivity contribution is -0.182. The van der Waals surface area contributed by atoms with Crippen molar-refractivity contribution in [1.29, 1.82) is 0 Å². The second-order valence-corrected chi connectivity index (χ2v) is 7.54. The maximum atomic E-state index is 13.3. The van der Waals surface area contributed by atoms with Crippen LogP contribution in [0.1, 0.15) is 34.6 Å². The van der Waals surface area contributed by atoms with Gasteiger partial charge < -0.3 is 9.47 Å². The molecular formula is C23H21F7O2. The van der Waals surface area contributed by atoms with Crippen molar-refractivity contribution < 1.29 is 40.2 Å². The molecule has 0 unspecified atom stereocenters. The summed E-state index contributed by atoms with van der Waals surface area (Å²) in [6.07, 6.45) is -8.42. The Morgan fingerprint density at radius 1 is 0.969 bits per heavy atom. The van der Waals surface area contributed by atoms with Crippen LogP contribution in [0.25, 0.3) is 0 Å². The van der Waals surface area contributed by atoms with Crippen LogP contribution in [0.5, 0.6) is 0 Å². The molecule has 2 aromatic rings. The molecule has 0 amide bonds. The van der Waals surface area contributed by atoms with E-state index >= 15 is 0 Å². The number of benzene rings is 2. The van der Waals surface area contributed by atoms with Gasteiger partial charge in [-0.15, -0.1) is 6.58 Å². The highest BCUT2D eigenvalue weighted by molar-refractivity contribution is 5.33. The molecule has 1 aliphatic heterocycles. The average Bonchev–Trinajstić information content (AvgIpc) is 2.73. The van der Waals surface area contributed by atoms with Crippen LogP contribution in [0.4, 0.5) is 30.7 Å². The Morgan fingerprint density at radius 3 is 2.09 bits per heavy atom. The molecular weight excluding hydrogens is 441 g/mol. The van der Waals surface area contributed by atoms with Crippen molar-refractivity contribution in [2.45, 2.75) is 37.4 Å². The van der Waals surface area contributed by atoms with Crippen molar-refractivity contribution in [3.8, 4) is 0 Å². The summed E-state index contributed by atoms with van der Waals surface area (Å²) in [6.45, 7) is 3.99. The normalized spacial score (nSPS) is 22.0. The molecule has 9 heteroatoms. The third-order valence-corrected chi connectivity index (χ3v) is 5.37. The van der Waals surface area contributed by atoms with E-state index in [0.717, 1.165) is 5.56 Å². The first-order valence-electron chi connectivity index (χ1n) is 9.88. The fraction of sp³-hybridized carbons (Fsp3) is 0.391. The smallest absolute Gasteiger partial charge is 0.352 e. The van der Waals surface area contributed by atoms with Crippen LogP contribution in [0.2, 0.25) is 0 Å². The predicted octanol–water partition coefficient (Wildman–Crippen LogP) is 6.75. The van der Waals surface area contributed by atoms with Gasteiger partial charge in [0.05, 0.1) is 24.3 Å². The lowest BCUT2D eigenvalue weighted by atomic mass is 9.82. The molecule has 3 atom stereocenters. The summed E-state index contributed by atoms with van der Waals surface area (Å²) in [6, 6.07) is 7.22. The maximum absolute atomic E-state index is 13.3. The van der Waals surface area contributed by atoms with Gasteiger partial charge in [0.2, 0.25) is 0 Å². The van der Waals surface area contributed by atoms with Crippen molar-refractivity contribution in [2.75, 3.05) is 13.2 Å². The molecule has 174 valence electrons. The van der Waals surface area contributed by atoms with Crippen LogP contribution < -0.4 is 0 Å². The largest absolute Gasteiger partial charge is 0.416 e. The van der Waals surface area contributed by atoms with Gasteiger partial charge in [0.25, 0.3) is 0 Å². The molecule has 0 saturated carbocycles. The molecule has 0 N–H and O–H groups in total. The van der Waals surface area contributed by atoms with Crippen LogP contribution in [0.3, 0.4) is 0 Å². The summed E-state index contributed by atoms with van der Waals surface area (Å²) in [4.78, 5) is 0. The van der Waals surface area contributed by atoms with Crippen LogP contribution in [0, 0.1) is 11.7 Å². The summed E-state index contributed by atoms with van der Waals surface area (Å²) in [5, 5.41) is 0. The SMILES string of the molecule is C=C[C@@H]1CCO[C@H](OCCc2cc(C(F)(F)F)cc(C(F)(F)F)c2)[C@H]1c1ccc(F)cc1. The zero-order valence-electron chi connectivity index (χ0n) is 16.8. The average molecular weight is 462 g/mol. The van der Waals surface area contributed by atoms with Crippen molar-refractivity contribution in [3.05, 3.63) is 83.2 Å². The van der Waals surface area contributed by atoms with Gasteiger partial charge in [0, 0.05) is 5.92 Å². The van der Waals surface area contributed by atoms with E-state index in [2.05, 4.69) is 6.58 Å². The Balaban J connectivity index is 1.76. The van der Waals surface area contributed by atoms with E-state index in [-0.39, 0.29) is 36.5 Å². The Hall–Kier alpha value is -2.39. The molecule has 0 aliphatic carbocycles. The highest BCUT2D eigenvalue weighted by atomic mass is 19.4. The number of ether oxygens (including phenoxy) is 2. The number of rotatable bonds is 6. The zero-order chi connectivity index (χ0) is 23.5. The van der Waals surface area contributed by atoms with Crippen molar-refractivity contribution in [1.82, 2.24) is 0 Å². The summed E-state index contributed by atoms with van der Waals surface area (Å²) in [5.74, 6) is -0.804. The van der Waals surface area contributed by atoms with Gasteiger partial charge in [-0.25, -0.2) is 4.39 Å².